The third-order valence-electron chi connectivity index (χ3n) is 8.58. The Morgan fingerprint density at radius 2 is 1.25 bits per heavy atom. The van der Waals surface area contributed by atoms with Crippen LogP contribution in [0.5, 0.6) is 11.5 Å². The van der Waals surface area contributed by atoms with Crippen molar-refractivity contribution >= 4 is 29.2 Å². The Balaban J connectivity index is 1.23. The number of carbonyl (C=O) groups excluding carboxylic acids is 2. The number of amides is 1. The van der Waals surface area contributed by atoms with Crippen LogP contribution in [-0.2, 0) is 51.0 Å². The van der Waals surface area contributed by atoms with Gasteiger partial charge in [0.25, 0.3) is 0 Å². The second-order valence-electron chi connectivity index (χ2n) is 12.1. The first kappa shape index (κ1) is 38.5. The molecule has 0 atom stereocenters. The zero-order chi connectivity index (χ0) is 37.5. The number of hydrogen-bond donors (Lipinski definition) is 3. The molecule has 0 spiro atoms. The second kappa shape index (κ2) is 19.2. The second-order valence-corrected chi connectivity index (χ2v) is 12.5. The summed E-state index contributed by atoms with van der Waals surface area (Å²) in [6.07, 6.45) is 0.0953. The lowest BCUT2D eigenvalue weighted by Crippen LogP contribution is -2.34. The van der Waals surface area contributed by atoms with Gasteiger partial charge in [0, 0.05) is 20.0 Å². The third kappa shape index (κ3) is 10.6. The normalized spacial score (nSPS) is 10.9. The number of ether oxygens (including phenoxy) is 4. The number of hydrogen-bond acceptors (Lipinski definition) is 8. The predicted octanol–water partition coefficient (Wildman–Crippen LogP) is 6.34. The third-order valence-corrected chi connectivity index (χ3v) is 8.87. The van der Waals surface area contributed by atoms with E-state index in [4.69, 9.17) is 31.2 Å². The van der Waals surface area contributed by atoms with Crippen molar-refractivity contribution in [2.45, 2.75) is 44.7 Å². The van der Waals surface area contributed by atoms with E-state index in [-0.39, 0.29) is 25.4 Å². The monoisotopic (exact) mass is 732 g/mol. The van der Waals surface area contributed by atoms with E-state index in [9.17, 15) is 9.59 Å². The molecule has 0 aliphatic carbocycles. The molecule has 0 aliphatic heterocycles. The number of aromatic nitrogens is 1. The molecule has 1 heterocycles. The van der Waals surface area contributed by atoms with Crippen LogP contribution in [0.1, 0.15) is 52.0 Å². The maximum atomic E-state index is 12.0. The number of esters is 1. The molecular weight excluding hydrogens is 689 g/mol. The molecule has 1 amide bonds. The van der Waals surface area contributed by atoms with Crippen LogP contribution < -0.4 is 25.4 Å². The fraction of sp³-hybridized carbons (Fsp3) is 0.238. The minimum Gasteiger partial charge on any atom is -0.497 e. The summed E-state index contributed by atoms with van der Waals surface area (Å²) in [6, 6.07) is 39.9. The van der Waals surface area contributed by atoms with E-state index in [1.807, 2.05) is 91.0 Å². The summed E-state index contributed by atoms with van der Waals surface area (Å²) in [6.45, 7) is 1.24. The van der Waals surface area contributed by atoms with Crippen molar-refractivity contribution in [3.8, 4) is 11.5 Å². The lowest BCUT2D eigenvalue weighted by Gasteiger charge is -2.36. The number of nitrogens with one attached hydrogen (secondary N) is 3. The SMILES string of the molecule is CNC(=O)CCC(=O)OCc1cccc(CNC(=S)NCc2cccc(COC(c3ccccc3)(c3ccc(OC)cc3)c3ccc(OC)cc3)c2)n1. The number of methoxy groups -OCH3 is 2. The highest BCUT2D eigenvalue weighted by atomic mass is 32.1. The minimum atomic E-state index is -0.931. The van der Waals surface area contributed by atoms with Gasteiger partial charge in [-0.2, -0.15) is 0 Å². The molecule has 5 aromatic rings. The fourth-order valence-corrected chi connectivity index (χ4v) is 5.93. The Morgan fingerprint density at radius 3 is 1.89 bits per heavy atom. The smallest absolute Gasteiger partial charge is 0.306 e. The molecule has 0 bridgehead atoms. The predicted molar refractivity (Wildman–Crippen MR) is 207 cm³/mol. The number of thiocarbonyl (C=S) groups is 1. The van der Waals surface area contributed by atoms with Gasteiger partial charge >= 0.3 is 5.97 Å². The molecule has 0 aliphatic rings. The van der Waals surface area contributed by atoms with Gasteiger partial charge in [0.1, 0.15) is 23.7 Å². The molecule has 0 fully saturated rings. The van der Waals surface area contributed by atoms with Crippen molar-refractivity contribution in [1.82, 2.24) is 20.9 Å². The van der Waals surface area contributed by atoms with Gasteiger partial charge in [0.15, 0.2) is 5.11 Å². The average molecular weight is 733 g/mol. The molecule has 1 aromatic heterocycles. The van der Waals surface area contributed by atoms with Gasteiger partial charge in [-0.25, -0.2) is 0 Å². The van der Waals surface area contributed by atoms with Crippen molar-refractivity contribution < 1.29 is 28.5 Å². The molecule has 4 aromatic carbocycles. The molecule has 0 saturated carbocycles. The topological polar surface area (TPSA) is 120 Å². The number of nitrogens with zero attached hydrogens (tertiary/aromatic N) is 1. The lowest BCUT2D eigenvalue weighted by molar-refractivity contribution is -0.146. The van der Waals surface area contributed by atoms with Crippen molar-refractivity contribution in [3.63, 3.8) is 0 Å². The van der Waals surface area contributed by atoms with E-state index in [0.717, 1.165) is 45.0 Å². The van der Waals surface area contributed by atoms with Gasteiger partial charge in [-0.05, 0) is 76.4 Å². The zero-order valence-electron chi connectivity index (χ0n) is 30.1. The van der Waals surface area contributed by atoms with Crippen LogP contribution in [0.3, 0.4) is 0 Å². The molecule has 0 saturated heterocycles. The van der Waals surface area contributed by atoms with Crippen molar-refractivity contribution in [3.05, 3.63) is 161 Å². The Hall–Kier alpha value is -5.78. The molecule has 274 valence electrons. The van der Waals surface area contributed by atoms with Crippen LogP contribution in [0.25, 0.3) is 0 Å². The fourth-order valence-electron chi connectivity index (χ4n) is 5.79. The van der Waals surface area contributed by atoms with Gasteiger partial charge in [-0.1, -0.05) is 84.9 Å². The van der Waals surface area contributed by atoms with Crippen LogP contribution in [0.4, 0.5) is 0 Å². The summed E-state index contributed by atoms with van der Waals surface area (Å²) < 4.78 is 23.3. The number of benzene rings is 4. The first-order valence-electron chi connectivity index (χ1n) is 17.2. The molecule has 0 radical (unpaired) electrons. The van der Waals surface area contributed by atoms with Crippen molar-refractivity contribution in [2.24, 2.45) is 0 Å². The van der Waals surface area contributed by atoms with Gasteiger partial charge < -0.3 is 34.9 Å². The summed E-state index contributed by atoms with van der Waals surface area (Å²) in [5.41, 5.74) is 5.36. The molecular formula is C42H44N4O6S. The summed E-state index contributed by atoms with van der Waals surface area (Å²) in [7, 11) is 4.84. The highest BCUT2D eigenvalue weighted by Crippen LogP contribution is 2.42. The summed E-state index contributed by atoms with van der Waals surface area (Å²) in [5.74, 6) is 0.857. The largest absolute Gasteiger partial charge is 0.497 e. The van der Waals surface area contributed by atoms with E-state index in [1.54, 1.807) is 20.3 Å². The van der Waals surface area contributed by atoms with Crippen LogP contribution in [-0.4, -0.2) is 43.2 Å². The number of rotatable bonds is 17. The molecule has 10 nitrogen and oxygen atoms in total. The van der Waals surface area contributed by atoms with E-state index in [1.165, 1.54) is 7.05 Å². The van der Waals surface area contributed by atoms with Crippen LogP contribution in [0.2, 0.25) is 0 Å². The van der Waals surface area contributed by atoms with Crippen LogP contribution >= 0.6 is 12.2 Å². The minimum absolute atomic E-state index is 0.0125. The average Bonchev–Trinajstić information content (AvgIpc) is 3.21. The highest BCUT2D eigenvalue weighted by Gasteiger charge is 2.38. The maximum absolute atomic E-state index is 12.0. The Labute approximate surface area is 315 Å². The summed E-state index contributed by atoms with van der Waals surface area (Å²) in [5, 5.41) is 9.43. The van der Waals surface area contributed by atoms with E-state index >= 15 is 0 Å². The van der Waals surface area contributed by atoms with Crippen molar-refractivity contribution in [1.29, 1.82) is 0 Å². The standard InChI is InChI=1S/C42H44N4O6S/c1-43-39(47)23-24-40(48)51-29-36-14-8-13-35(46-36)27-45-41(53)44-26-30-9-7-10-31(25-30)28-52-42(32-11-5-4-6-12-32,33-15-19-37(49-2)20-16-33)34-17-21-38(50-3)22-18-34/h4-22,25H,23-24,26-29H2,1-3H3,(H,43,47)(H2,44,45,53). The number of carbonyl (C=O) groups is 2. The maximum Gasteiger partial charge on any atom is 0.306 e. The van der Waals surface area contributed by atoms with E-state index in [2.05, 4.69) is 45.2 Å². The zero-order valence-corrected chi connectivity index (χ0v) is 30.9. The molecule has 0 unspecified atom stereocenters. The van der Waals surface area contributed by atoms with Gasteiger partial charge in [0.2, 0.25) is 5.91 Å². The Morgan fingerprint density at radius 1 is 0.660 bits per heavy atom. The van der Waals surface area contributed by atoms with E-state index in [0.29, 0.717) is 30.5 Å². The quantitative estimate of drug-likeness (QED) is 0.0568. The lowest BCUT2D eigenvalue weighted by atomic mass is 9.80. The Bertz CT molecular complexity index is 1910. The van der Waals surface area contributed by atoms with E-state index < -0.39 is 11.6 Å². The Kier molecular flexibility index (Phi) is 13.9. The summed E-state index contributed by atoms with van der Waals surface area (Å²) in [4.78, 5) is 27.9. The molecule has 53 heavy (non-hydrogen) atoms. The first-order chi connectivity index (χ1) is 25.8. The molecule has 11 heteroatoms. The highest BCUT2D eigenvalue weighted by molar-refractivity contribution is 7.80. The molecule has 5 rings (SSSR count). The van der Waals surface area contributed by atoms with Gasteiger partial charge in [-0.3, -0.25) is 14.6 Å². The van der Waals surface area contributed by atoms with Crippen LogP contribution in [0, 0.1) is 0 Å². The first-order valence-corrected chi connectivity index (χ1v) is 17.6. The van der Waals surface area contributed by atoms with Crippen LogP contribution in [0.15, 0.2) is 121 Å². The summed E-state index contributed by atoms with van der Waals surface area (Å²) >= 11 is 5.57. The molecule has 3 N–H and O–H groups in total. The number of pyridine rings is 1. The van der Waals surface area contributed by atoms with Crippen molar-refractivity contribution in [2.75, 3.05) is 21.3 Å². The van der Waals surface area contributed by atoms with Gasteiger partial charge in [-0.15, -0.1) is 0 Å². The van der Waals surface area contributed by atoms with Gasteiger partial charge in [0.05, 0.1) is 45.2 Å².